The van der Waals surface area contributed by atoms with E-state index in [2.05, 4.69) is 4.72 Å². The number of hydrogen-bond donors (Lipinski definition) is 2. The molecular weight excluding hydrogens is 230 g/mol. The van der Waals surface area contributed by atoms with Crippen LogP contribution >= 0.6 is 0 Å². The Morgan fingerprint density at radius 2 is 1.94 bits per heavy atom. The second-order valence-corrected chi connectivity index (χ2v) is 7.74. The zero-order valence-electron chi connectivity index (χ0n) is 9.86. The lowest BCUT2D eigenvalue weighted by Crippen LogP contribution is -2.46. The number of carbonyl (C=O) groups is 1. The molecule has 1 aliphatic carbocycles. The standard InChI is InChI=1S/C10H19NO4S/c1-10(2,3)16(14,15)11-8(6-9(12)13)7-4-5-7/h7-8,11H,4-6H2,1-3H3,(H,12,13). The molecule has 0 aliphatic heterocycles. The second-order valence-electron chi connectivity index (χ2n) is 5.28. The van der Waals surface area contributed by atoms with E-state index in [1.165, 1.54) is 0 Å². The van der Waals surface area contributed by atoms with Crippen molar-refractivity contribution in [3.8, 4) is 0 Å². The quantitative estimate of drug-likeness (QED) is 0.760. The van der Waals surface area contributed by atoms with Gasteiger partial charge in [-0.15, -0.1) is 0 Å². The van der Waals surface area contributed by atoms with E-state index in [0.29, 0.717) is 0 Å². The predicted octanol–water partition coefficient (Wildman–Crippen LogP) is 0.958. The van der Waals surface area contributed by atoms with Crippen LogP contribution in [0, 0.1) is 5.92 Å². The molecule has 1 fully saturated rings. The van der Waals surface area contributed by atoms with Crippen LogP contribution in [0.5, 0.6) is 0 Å². The number of aliphatic carboxylic acids is 1. The van der Waals surface area contributed by atoms with Crippen molar-refractivity contribution in [2.24, 2.45) is 5.92 Å². The third kappa shape index (κ3) is 3.45. The molecule has 5 nitrogen and oxygen atoms in total. The van der Waals surface area contributed by atoms with Crippen molar-refractivity contribution in [2.45, 2.75) is 50.8 Å². The highest BCUT2D eigenvalue weighted by atomic mass is 32.2. The van der Waals surface area contributed by atoms with Gasteiger partial charge in [-0.05, 0) is 39.5 Å². The largest absolute Gasteiger partial charge is 0.481 e. The number of rotatable bonds is 5. The molecule has 1 saturated carbocycles. The van der Waals surface area contributed by atoms with Crippen molar-refractivity contribution in [3.63, 3.8) is 0 Å². The lowest BCUT2D eigenvalue weighted by atomic mass is 10.1. The summed E-state index contributed by atoms with van der Waals surface area (Å²) in [7, 11) is -3.46. The Kier molecular flexibility index (Phi) is 3.64. The van der Waals surface area contributed by atoms with E-state index in [1.54, 1.807) is 20.8 Å². The maximum absolute atomic E-state index is 11.9. The van der Waals surface area contributed by atoms with Gasteiger partial charge in [0.15, 0.2) is 0 Å². The van der Waals surface area contributed by atoms with Gasteiger partial charge in [-0.25, -0.2) is 13.1 Å². The first-order chi connectivity index (χ1) is 7.13. The second kappa shape index (κ2) is 4.33. The highest BCUT2D eigenvalue weighted by Crippen LogP contribution is 2.35. The Balaban J connectivity index is 2.72. The Morgan fingerprint density at radius 3 is 2.25 bits per heavy atom. The van der Waals surface area contributed by atoms with Crippen LogP contribution in [0.4, 0.5) is 0 Å². The molecule has 16 heavy (non-hydrogen) atoms. The van der Waals surface area contributed by atoms with Crippen LogP contribution in [0.25, 0.3) is 0 Å². The summed E-state index contributed by atoms with van der Waals surface area (Å²) >= 11 is 0. The first-order valence-electron chi connectivity index (χ1n) is 5.37. The third-order valence-electron chi connectivity index (χ3n) is 2.70. The molecule has 1 unspecified atom stereocenters. The van der Waals surface area contributed by atoms with Crippen LogP contribution in [0.15, 0.2) is 0 Å². The summed E-state index contributed by atoms with van der Waals surface area (Å²) in [5, 5.41) is 8.73. The zero-order valence-corrected chi connectivity index (χ0v) is 10.7. The van der Waals surface area contributed by atoms with Crippen molar-refractivity contribution in [3.05, 3.63) is 0 Å². The number of carboxylic acid groups (broad SMARTS) is 1. The molecule has 2 N–H and O–H groups in total. The number of sulfonamides is 1. The van der Waals surface area contributed by atoms with Crippen molar-refractivity contribution < 1.29 is 18.3 Å². The lowest BCUT2D eigenvalue weighted by molar-refractivity contribution is -0.137. The van der Waals surface area contributed by atoms with Gasteiger partial charge in [0, 0.05) is 6.04 Å². The normalized spacial score (nSPS) is 19.4. The van der Waals surface area contributed by atoms with E-state index in [9.17, 15) is 13.2 Å². The van der Waals surface area contributed by atoms with Gasteiger partial charge in [0.05, 0.1) is 11.2 Å². The minimum Gasteiger partial charge on any atom is -0.481 e. The van der Waals surface area contributed by atoms with Gasteiger partial charge < -0.3 is 5.11 Å². The van der Waals surface area contributed by atoms with Crippen LogP contribution in [0.2, 0.25) is 0 Å². The zero-order chi connectivity index (χ0) is 12.6. The van der Waals surface area contributed by atoms with E-state index in [0.717, 1.165) is 12.8 Å². The van der Waals surface area contributed by atoms with Gasteiger partial charge >= 0.3 is 5.97 Å². The van der Waals surface area contributed by atoms with Crippen LogP contribution in [0.1, 0.15) is 40.0 Å². The number of carboxylic acids is 1. The highest BCUT2D eigenvalue weighted by Gasteiger charge is 2.38. The minimum absolute atomic E-state index is 0.139. The molecule has 0 spiro atoms. The molecule has 1 atom stereocenters. The maximum atomic E-state index is 11.9. The smallest absolute Gasteiger partial charge is 0.304 e. The molecule has 0 bridgehead atoms. The van der Waals surface area contributed by atoms with E-state index in [1.807, 2.05) is 0 Å². The van der Waals surface area contributed by atoms with Gasteiger partial charge in [-0.3, -0.25) is 4.79 Å². The summed E-state index contributed by atoms with van der Waals surface area (Å²) in [5.41, 5.74) is 0. The molecule has 0 aromatic carbocycles. The SMILES string of the molecule is CC(C)(C)S(=O)(=O)NC(CC(=O)O)C1CC1. The summed E-state index contributed by atoms with van der Waals surface area (Å²) in [4.78, 5) is 10.6. The average molecular weight is 249 g/mol. The van der Waals surface area contributed by atoms with Crippen molar-refractivity contribution in [1.29, 1.82) is 0 Å². The van der Waals surface area contributed by atoms with Crippen LogP contribution in [-0.4, -0.2) is 30.3 Å². The number of hydrogen-bond acceptors (Lipinski definition) is 3. The molecule has 94 valence electrons. The van der Waals surface area contributed by atoms with Crippen LogP contribution in [-0.2, 0) is 14.8 Å². The molecular formula is C10H19NO4S. The van der Waals surface area contributed by atoms with Crippen molar-refractivity contribution in [2.75, 3.05) is 0 Å². The summed E-state index contributed by atoms with van der Waals surface area (Å²) in [6.45, 7) is 4.79. The van der Waals surface area contributed by atoms with Crippen LogP contribution in [0.3, 0.4) is 0 Å². The summed E-state index contributed by atoms with van der Waals surface area (Å²) < 4.78 is 25.4. The Labute approximate surface area is 96.3 Å². The fourth-order valence-electron chi connectivity index (χ4n) is 1.37. The lowest BCUT2D eigenvalue weighted by Gasteiger charge is -2.24. The Bertz CT molecular complexity index is 365. The molecule has 6 heteroatoms. The van der Waals surface area contributed by atoms with Crippen LogP contribution < -0.4 is 4.72 Å². The van der Waals surface area contributed by atoms with Crippen molar-refractivity contribution >= 4 is 16.0 Å². The van der Waals surface area contributed by atoms with E-state index >= 15 is 0 Å². The van der Waals surface area contributed by atoms with Crippen molar-refractivity contribution in [1.82, 2.24) is 4.72 Å². The number of nitrogens with one attached hydrogen (secondary N) is 1. The summed E-state index contributed by atoms with van der Waals surface area (Å²) in [6, 6.07) is -0.457. The van der Waals surface area contributed by atoms with E-state index in [-0.39, 0.29) is 12.3 Å². The third-order valence-corrected chi connectivity index (χ3v) is 4.92. The highest BCUT2D eigenvalue weighted by molar-refractivity contribution is 7.90. The van der Waals surface area contributed by atoms with Gasteiger partial charge in [-0.2, -0.15) is 0 Å². The molecule has 1 rings (SSSR count). The first kappa shape index (κ1) is 13.4. The average Bonchev–Trinajstić information content (AvgIpc) is 2.80. The molecule has 1 aliphatic rings. The van der Waals surface area contributed by atoms with Gasteiger partial charge in [-0.1, -0.05) is 0 Å². The van der Waals surface area contributed by atoms with Gasteiger partial charge in [0.2, 0.25) is 10.0 Å². The Hall–Kier alpha value is -0.620. The monoisotopic (exact) mass is 249 g/mol. The van der Waals surface area contributed by atoms with E-state index in [4.69, 9.17) is 5.11 Å². The van der Waals surface area contributed by atoms with E-state index < -0.39 is 26.8 Å². The molecule has 0 radical (unpaired) electrons. The predicted molar refractivity (Wildman–Crippen MR) is 60.6 cm³/mol. The molecule has 0 heterocycles. The molecule has 0 aromatic heterocycles. The van der Waals surface area contributed by atoms with Gasteiger partial charge in [0.25, 0.3) is 0 Å². The topological polar surface area (TPSA) is 83.5 Å². The molecule has 0 aromatic rings. The first-order valence-corrected chi connectivity index (χ1v) is 6.85. The fourth-order valence-corrected chi connectivity index (χ4v) is 2.40. The molecule has 0 amide bonds. The molecule has 0 saturated heterocycles. The summed E-state index contributed by atoms with van der Waals surface area (Å²) in [5.74, 6) is -0.776. The minimum atomic E-state index is -3.46. The Morgan fingerprint density at radius 1 is 1.44 bits per heavy atom. The fraction of sp³-hybridized carbons (Fsp3) is 0.900. The maximum Gasteiger partial charge on any atom is 0.304 e. The van der Waals surface area contributed by atoms with Gasteiger partial charge in [0.1, 0.15) is 0 Å². The summed E-state index contributed by atoms with van der Waals surface area (Å²) in [6.07, 6.45) is 1.68.